The summed E-state index contributed by atoms with van der Waals surface area (Å²) in [6.45, 7) is 3.64. The van der Waals surface area contributed by atoms with Crippen LogP contribution in [0.2, 0.25) is 0 Å². The molecule has 0 saturated carbocycles. The lowest BCUT2D eigenvalue weighted by atomic mass is 10.1. The Bertz CT molecular complexity index is 1250. The zero-order valence-electron chi connectivity index (χ0n) is 20.6. The van der Waals surface area contributed by atoms with Crippen LogP contribution in [0.3, 0.4) is 0 Å². The van der Waals surface area contributed by atoms with Crippen LogP contribution >= 0.6 is 23.2 Å². The average Bonchev–Trinajstić information content (AvgIpc) is 2.93. The van der Waals surface area contributed by atoms with Crippen molar-refractivity contribution < 1.29 is 5.11 Å². The topological polar surface area (TPSA) is 23.1 Å². The van der Waals surface area contributed by atoms with Crippen molar-refractivity contribution in [2.75, 3.05) is 0 Å². The average molecular weight is 553 g/mol. The van der Waals surface area contributed by atoms with Gasteiger partial charge in [0.2, 0.25) is 0 Å². The zero-order chi connectivity index (χ0) is 25.4. The Morgan fingerprint density at radius 1 is 0.556 bits per heavy atom. The van der Waals surface area contributed by atoms with Gasteiger partial charge in [0.1, 0.15) is 23.2 Å². The van der Waals surface area contributed by atoms with Gasteiger partial charge in [-0.3, -0.25) is 0 Å². The van der Waals surface area contributed by atoms with Crippen molar-refractivity contribution >= 4 is 39.1 Å². The second kappa shape index (κ2) is 12.2. The summed E-state index contributed by atoms with van der Waals surface area (Å²) in [7, 11) is -1.78. The van der Waals surface area contributed by atoms with Crippen molar-refractivity contribution in [1.29, 1.82) is 0 Å². The van der Waals surface area contributed by atoms with Crippen molar-refractivity contribution in [2.24, 2.45) is 0 Å². The predicted molar refractivity (Wildman–Crippen MR) is 158 cm³/mol. The Labute approximate surface area is 224 Å². The van der Waals surface area contributed by atoms with Gasteiger partial charge in [-0.15, -0.1) is 5.75 Å². The summed E-state index contributed by atoms with van der Waals surface area (Å²) in [5.41, 5.74) is 2.98. The van der Waals surface area contributed by atoms with Crippen molar-refractivity contribution in [3.8, 4) is 5.75 Å². The monoisotopic (exact) mass is 552 g/mol. The van der Waals surface area contributed by atoms with Gasteiger partial charge in [0.25, 0.3) is 0 Å². The first kappa shape index (κ1) is 25.9. The van der Waals surface area contributed by atoms with Crippen LogP contribution in [0.15, 0.2) is 138 Å². The number of hydrogen-bond acceptors (Lipinski definition) is 1. The molecule has 36 heavy (non-hydrogen) atoms. The van der Waals surface area contributed by atoms with Crippen molar-refractivity contribution in [3.05, 3.63) is 155 Å². The molecule has 3 heteroatoms. The molecule has 5 aromatic rings. The number of hydrogen-bond donors (Lipinski definition) is 0. The van der Waals surface area contributed by atoms with Gasteiger partial charge in [-0.25, -0.2) is 0 Å². The Morgan fingerprint density at radius 3 is 1.25 bits per heavy atom. The fourth-order valence-electron chi connectivity index (χ4n) is 4.52. The van der Waals surface area contributed by atoms with Crippen molar-refractivity contribution in [3.63, 3.8) is 0 Å². The smallest absolute Gasteiger partial charge is 0.116 e. The van der Waals surface area contributed by atoms with E-state index >= 15 is 0 Å². The van der Waals surface area contributed by atoms with E-state index in [1.54, 1.807) is 0 Å². The van der Waals surface area contributed by atoms with Crippen molar-refractivity contribution in [1.82, 2.24) is 0 Å². The van der Waals surface area contributed by atoms with Gasteiger partial charge in [0, 0.05) is 4.47 Å². The first-order valence-electron chi connectivity index (χ1n) is 12.0. The second-order valence-electron chi connectivity index (χ2n) is 8.83. The highest BCUT2D eigenvalue weighted by molar-refractivity contribution is 9.10. The molecule has 0 heterocycles. The SMILES string of the molecule is Cc1cc(Br)cc(C)c1[O-].c1ccc(C[P+](c2ccccc2)(c2ccccc2)c2ccccc2)cc1. The molecule has 5 rings (SSSR count). The molecule has 0 aliphatic rings. The maximum absolute atomic E-state index is 11.1. The lowest BCUT2D eigenvalue weighted by Gasteiger charge is -2.27. The standard InChI is InChI=1S/C25H22P.C8H9BrO/c1-5-13-22(14-6-1)21-26(23-15-7-2-8-16-23,24-17-9-3-10-18-24)25-19-11-4-12-20-25;1-5-3-7(9)4-6(2)8(5)10/h1-20H,21H2;3-4,10H,1-2H3/q+1;/p-1. The number of benzene rings is 5. The molecule has 0 bridgehead atoms. The summed E-state index contributed by atoms with van der Waals surface area (Å²) in [6.07, 6.45) is 1.03. The molecule has 0 unspecified atom stereocenters. The summed E-state index contributed by atoms with van der Waals surface area (Å²) >= 11 is 3.31. The minimum atomic E-state index is -1.78. The van der Waals surface area contributed by atoms with Crippen LogP contribution in [0.25, 0.3) is 0 Å². The van der Waals surface area contributed by atoms with E-state index in [1.807, 2.05) is 26.0 Å². The lowest BCUT2D eigenvalue weighted by Crippen LogP contribution is -2.32. The van der Waals surface area contributed by atoms with Gasteiger partial charge >= 0.3 is 0 Å². The fraction of sp³-hybridized carbons (Fsp3) is 0.0909. The quantitative estimate of drug-likeness (QED) is 0.209. The third-order valence-electron chi connectivity index (χ3n) is 6.28. The van der Waals surface area contributed by atoms with E-state index in [0.717, 1.165) is 21.8 Å². The number of halogens is 1. The highest BCUT2D eigenvalue weighted by atomic mass is 79.9. The zero-order valence-corrected chi connectivity index (χ0v) is 23.1. The molecule has 5 aromatic carbocycles. The molecule has 180 valence electrons. The first-order chi connectivity index (χ1) is 17.5. The highest BCUT2D eigenvalue weighted by Gasteiger charge is 2.45. The van der Waals surface area contributed by atoms with Gasteiger partial charge in [0.15, 0.2) is 0 Å². The van der Waals surface area contributed by atoms with Crippen LogP contribution in [-0.2, 0) is 6.16 Å². The lowest BCUT2D eigenvalue weighted by molar-refractivity contribution is -0.270. The predicted octanol–water partition coefficient (Wildman–Crippen LogP) is 7.32. The van der Waals surface area contributed by atoms with E-state index < -0.39 is 7.26 Å². The molecule has 0 atom stereocenters. The number of rotatable bonds is 5. The van der Waals surface area contributed by atoms with Gasteiger partial charge in [-0.05, 0) is 67.9 Å². The summed E-state index contributed by atoms with van der Waals surface area (Å²) < 4.78 is 0.974. The van der Waals surface area contributed by atoms with Crippen LogP contribution in [0, 0.1) is 13.8 Å². The minimum Gasteiger partial charge on any atom is -0.872 e. The van der Waals surface area contributed by atoms with Crippen LogP contribution in [0.5, 0.6) is 5.75 Å². The molecule has 0 saturated heterocycles. The molecule has 0 aliphatic heterocycles. The molecule has 0 aliphatic carbocycles. The van der Waals surface area contributed by atoms with E-state index in [4.69, 9.17) is 0 Å². The van der Waals surface area contributed by atoms with E-state index in [1.165, 1.54) is 21.5 Å². The number of aryl methyl sites for hydroxylation is 2. The molecule has 0 fully saturated rings. The molecule has 0 radical (unpaired) electrons. The molecule has 0 spiro atoms. The van der Waals surface area contributed by atoms with Crippen LogP contribution in [-0.4, -0.2) is 0 Å². The Hall–Kier alpha value is -3.19. The van der Waals surface area contributed by atoms with Gasteiger partial charge in [-0.1, -0.05) is 112 Å². The Kier molecular flexibility index (Phi) is 8.75. The fourth-order valence-corrected chi connectivity index (χ4v) is 9.45. The molecule has 0 N–H and O–H groups in total. The second-order valence-corrected chi connectivity index (χ2v) is 13.2. The molecular formula is C33H30BrOP. The van der Waals surface area contributed by atoms with Crippen LogP contribution in [0.1, 0.15) is 16.7 Å². The minimum absolute atomic E-state index is 0.142. The van der Waals surface area contributed by atoms with Gasteiger partial charge < -0.3 is 5.11 Å². The first-order valence-corrected chi connectivity index (χ1v) is 14.8. The van der Waals surface area contributed by atoms with E-state index in [-0.39, 0.29) is 5.75 Å². The van der Waals surface area contributed by atoms with Crippen molar-refractivity contribution in [2.45, 2.75) is 20.0 Å². The summed E-state index contributed by atoms with van der Waals surface area (Å²) in [6, 6.07) is 47.7. The van der Waals surface area contributed by atoms with E-state index in [9.17, 15) is 5.11 Å². The van der Waals surface area contributed by atoms with Crippen LogP contribution in [0.4, 0.5) is 0 Å². The third-order valence-corrected chi connectivity index (χ3v) is 11.1. The summed E-state index contributed by atoms with van der Waals surface area (Å²) in [4.78, 5) is 0. The van der Waals surface area contributed by atoms with E-state index in [2.05, 4.69) is 137 Å². The molecular weight excluding hydrogens is 523 g/mol. The largest absolute Gasteiger partial charge is 0.872 e. The maximum Gasteiger partial charge on any atom is 0.116 e. The highest BCUT2D eigenvalue weighted by Crippen LogP contribution is 2.58. The van der Waals surface area contributed by atoms with Gasteiger partial charge in [-0.2, -0.15) is 0 Å². The van der Waals surface area contributed by atoms with Gasteiger partial charge in [0.05, 0.1) is 6.16 Å². The maximum atomic E-state index is 11.1. The Morgan fingerprint density at radius 2 is 0.889 bits per heavy atom. The molecule has 0 amide bonds. The Balaban J connectivity index is 0.000000256. The molecule has 0 aromatic heterocycles. The van der Waals surface area contributed by atoms with E-state index in [0.29, 0.717) is 0 Å². The summed E-state index contributed by atoms with van der Waals surface area (Å²) in [5.74, 6) is 0.142. The van der Waals surface area contributed by atoms with Crippen LogP contribution < -0.4 is 21.0 Å². The normalized spacial score (nSPS) is 10.9. The molecule has 1 nitrogen and oxygen atoms in total. The third kappa shape index (κ3) is 5.95. The summed E-state index contributed by atoms with van der Waals surface area (Å²) in [5, 5.41) is 15.4.